The van der Waals surface area contributed by atoms with Crippen molar-refractivity contribution in [2.75, 3.05) is 6.61 Å². The van der Waals surface area contributed by atoms with Crippen LogP contribution in [-0.2, 0) is 0 Å². The number of benzene rings is 2. The summed E-state index contributed by atoms with van der Waals surface area (Å²) in [6, 6.07) is 9.12. The fraction of sp³-hybridized carbons (Fsp3) is 0.154. The molecular formula is C13H10ClNO2. The molecule has 4 heteroatoms. The number of hydrogen-bond acceptors (Lipinski definition) is 3. The molecule has 0 amide bonds. The molecule has 86 valence electrons. The number of halogens is 1. The van der Waals surface area contributed by atoms with Crippen LogP contribution >= 0.6 is 11.6 Å². The molecule has 2 aromatic rings. The number of phenolic OH excluding ortho intramolecular Hbond substituents is 1. The lowest BCUT2D eigenvalue weighted by atomic mass is 10.0. The van der Waals surface area contributed by atoms with Crippen LogP contribution in [0.4, 0.5) is 0 Å². The van der Waals surface area contributed by atoms with E-state index in [1.165, 1.54) is 0 Å². The van der Waals surface area contributed by atoms with Crippen molar-refractivity contribution in [3.05, 3.63) is 34.9 Å². The maximum absolute atomic E-state index is 9.96. The highest BCUT2D eigenvalue weighted by molar-refractivity contribution is 6.35. The van der Waals surface area contributed by atoms with Crippen molar-refractivity contribution in [1.82, 2.24) is 0 Å². The lowest BCUT2D eigenvalue weighted by Crippen LogP contribution is -1.97. The zero-order chi connectivity index (χ0) is 12.4. The molecule has 0 atom stereocenters. The standard InChI is InChI=1S/C13H10ClNO2/c1-2-17-13-10(7-15)8-5-3-4-6-9(8)12(16)11(13)14/h3-6,16H,2H2,1H3. The van der Waals surface area contributed by atoms with Gasteiger partial charge in [-0.25, -0.2) is 0 Å². The van der Waals surface area contributed by atoms with Crippen LogP contribution in [0.2, 0.25) is 5.02 Å². The fourth-order valence-corrected chi connectivity index (χ4v) is 2.01. The van der Waals surface area contributed by atoms with Gasteiger partial charge in [0.05, 0.1) is 6.61 Å². The molecule has 0 aliphatic rings. The molecule has 1 N–H and O–H groups in total. The molecule has 0 fully saturated rings. The third-order valence-electron chi connectivity index (χ3n) is 2.49. The number of nitrogens with zero attached hydrogens (tertiary/aromatic N) is 1. The summed E-state index contributed by atoms with van der Waals surface area (Å²) in [5.41, 5.74) is 0.352. The molecule has 0 saturated heterocycles. The van der Waals surface area contributed by atoms with E-state index in [0.29, 0.717) is 22.9 Å². The zero-order valence-corrected chi connectivity index (χ0v) is 9.95. The van der Waals surface area contributed by atoms with Crippen molar-refractivity contribution >= 4 is 22.4 Å². The molecule has 0 radical (unpaired) electrons. The second-order valence-corrected chi connectivity index (χ2v) is 3.84. The van der Waals surface area contributed by atoms with Gasteiger partial charge in [-0.3, -0.25) is 0 Å². The van der Waals surface area contributed by atoms with Gasteiger partial charge in [0.25, 0.3) is 0 Å². The molecule has 17 heavy (non-hydrogen) atoms. The summed E-state index contributed by atoms with van der Waals surface area (Å²) >= 11 is 6.01. The molecule has 0 spiro atoms. The lowest BCUT2D eigenvalue weighted by Gasteiger charge is -2.12. The Morgan fingerprint density at radius 3 is 2.59 bits per heavy atom. The average Bonchev–Trinajstić information content (AvgIpc) is 2.36. The number of ether oxygens (including phenoxy) is 1. The second-order valence-electron chi connectivity index (χ2n) is 3.46. The van der Waals surface area contributed by atoms with Gasteiger partial charge in [0, 0.05) is 10.8 Å². The van der Waals surface area contributed by atoms with Gasteiger partial charge in [-0.1, -0.05) is 35.9 Å². The van der Waals surface area contributed by atoms with E-state index in [4.69, 9.17) is 16.3 Å². The lowest BCUT2D eigenvalue weighted by molar-refractivity contribution is 0.338. The Kier molecular flexibility index (Phi) is 3.08. The Hall–Kier alpha value is -1.92. The van der Waals surface area contributed by atoms with Gasteiger partial charge in [0.15, 0.2) is 5.75 Å². The molecule has 2 rings (SSSR count). The van der Waals surface area contributed by atoms with E-state index in [0.717, 1.165) is 0 Å². The van der Waals surface area contributed by atoms with Crippen LogP contribution in [0.3, 0.4) is 0 Å². The van der Waals surface area contributed by atoms with E-state index >= 15 is 0 Å². The second kappa shape index (κ2) is 4.52. The maximum Gasteiger partial charge on any atom is 0.160 e. The minimum absolute atomic E-state index is 0.0512. The van der Waals surface area contributed by atoms with E-state index in [1.54, 1.807) is 31.2 Å². The molecule has 0 heterocycles. The molecule has 0 bridgehead atoms. The smallest absolute Gasteiger partial charge is 0.160 e. The quantitative estimate of drug-likeness (QED) is 0.884. The number of aromatic hydroxyl groups is 1. The molecule has 2 aromatic carbocycles. The summed E-state index contributed by atoms with van der Waals surface area (Å²) in [5.74, 6) is 0.192. The first kappa shape index (κ1) is 11.6. The number of nitriles is 1. The Labute approximate surface area is 104 Å². The molecule has 0 aromatic heterocycles. The van der Waals surface area contributed by atoms with E-state index in [-0.39, 0.29) is 16.5 Å². The van der Waals surface area contributed by atoms with Crippen molar-refractivity contribution in [2.24, 2.45) is 0 Å². The van der Waals surface area contributed by atoms with Crippen LogP contribution in [-0.4, -0.2) is 11.7 Å². The highest BCUT2D eigenvalue weighted by Crippen LogP contribution is 2.43. The Balaban J connectivity index is 2.91. The van der Waals surface area contributed by atoms with Crippen molar-refractivity contribution in [2.45, 2.75) is 6.92 Å². The first-order chi connectivity index (χ1) is 8.20. The Bertz CT molecular complexity index is 617. The average molecular weight is 248 g/mol. The Morgan fingerprint density at radius 2 is 2.00 bits per heavy atom. The van der Waals surface area contributed by atoms with Crippen molar-refractivity contribution in [3.8, 4) is 17.6 Å². The van der Waals surface area contributed by atoms with Crippen LogP contribution in [0.25, 0.3) is 10.8 Å². The summed E-state index contributed by atoms with van der Waals surface area (Å²) in [7, 11) is 0. The molecule has 0 aliphatic carbocycles. The third-order valence-corrected chi connectivity index (χ3v) is 2.84. The summed E-state index contributed by atoms with van der Waals surface area (Å²) in [6.45, 7) is 2.18. The summed E-state index contributed by atoms with van der Waals surface area (Å²) in [4.78, 5) is 0. The predicted molar refractivity (Wildman–Crippen MR) is 66.5 cm³/mol. The minimum atomic E-state index is -0.0512. The van der Waals surface area contributed by atoms with E-state index in [2.05, 4.69) is 6.07 Å². The van der Waals surface area contributed by atoms with Gasteiger partial charge < -0.3 is 9.84 Å². The number of fused-ring (bicyclic) bond motifs is 1. The number of phenols is 1. The van der Waals surface area contributed by atoms with Crippen molar-refractivity contribution < 1.29 is 9.84 Å². The van der Waals surface area contributed by atoms with E-state index in [9.17, 15) is 10.4 Å². The van der Waals surface area contributed by atoms with E-state index < -0.39 is 0 Å². The largest absolute Gasteiger partial charge is 0.506 e. The van der Waals surface area contributed by atoms with Crippen LogP contribution in [0.5, 0.6) is 11.5 Å². The van der Waals surface area contributed by atoms with Crippen LogP contribution < -0.4 is 4.74 Å². The van der Waals surface area contributed by atoms with Gasteiger partial charge in [0.2, 0.25) is 0 Å². The fourth-order valence-electron chi connectivity index (χ4n) is 1.76. The monoisotopic (exact) mass is 247 g/mol. The van der Waals surface area contributed by atoms with Gasteiger partial charge in [-0.15, -0.1) is 0 Å². The molecule has 0 unspecified atom stereocenters. The zero-order valence-electron chi connectivity index (χ0n) is 9.20. The molecular weight excluding hydrogens is 238 g/mol. The Morgan fingerprint density at radius 1 is 1.35 bits per heavy atom. The van der Waals surface area contributed by atoms with Gasteiger partial charge >= 0.3 is 0 Å². The third kappa shape index (κ3) is 1.77. The van der Waals surface area contributed by atoms with Crippen molar-refractivity contribution in [1.29, 1.82) is 5.26 Å². The molecule has 0 aliphatic heterocycles. The topological polar surface area (TPSA) is 53.2 Å². The van der Waals surface area contributed by atoms with Gasteiger partial charge in [-0.2, -0.15) is 5.26 Å². The molecule has 3 nitrogen and oxygen atoms in total. The minimum Gasteiger partial charge on any atom is -0.506 e. The molecule has 0 saturated carbocycles. The van der Waals surface area contributed by atoms with Crippen LogP contribution in [0.15, 0.2) is 24.3 Å². The summed E-state index contributed by atoms with van der Waals surface area (Å²) in [6.07, 6.45) is 0. The maximum atomic E-state index is 9.96. The highest BCUT2D eigenvalue weighted by atomic mass is 35.5. The first-order valence-corrected chi connectivity index (χ1v) is 5.54. The van der Waals surface area contributed by atoms with E-state index in [1.807, 2.05) is 0 Å². The normalized spacial score (nSPS) is 10.2. The van der Waals surface area contributed by atoms with Gasteiger partial charge in [-0.05, 0) is 6.92 Å². The van der Waals surface area contributed by atoms with Gasteiger partial charge in [0.1, 0.15) is 22.4 Å². The summed E-state index contributed by atoms with van der Waals surface area (Å²) < 4.78 is 5.33. The predicted octanol–water partition coefficient (Wildman–Crippen LogP) is 3.47. The number of hydrogen-bond donors (Lipinski definition) is 1. The van der Waals surface area contributed by atoms with Crippen LogP contribution in [0.1, 0.15) is 12.5 Å². The first-order valence-electron chi connectivity index (χ1n) is 5.16. The number of rotatable bonds is 2. The SMILES string of the molecule is CCOc1c(Cl)c(O)c2ccccc2c1C#N. The summed E-state index contributed by atoms with van der Waals surface area (Å²) in [5, 5.41) is 20.4. The van der Waals surface area contributed by atoms with Crippen LogP contribution in [0, 0.1) is 11.3 Å². The highest BCUT2D eigenvalue weighted by Gasteiger charge is 2.18. The van der Waals surface area contributed by atoms with Crippen molar-refractivity contribution in [3.63, 3.8) is 0 Å².